The standard InChI is InChI=1S/C25H34N2O5Si/c1-25(2,3)33(4,5)32-23(19-9-7-6-8-10-19)22-16-15-21(26(22)24(28)29)17-18-11-13-20(14-12-18)27(30)31/h6-14,21-23H,15-17H2,1-5H3,(H,28,29)/t21-,22-,23-/m1/s1. The first-order valence-corrected chi connectivity index (χ1v) is 14.3. The number of hydrogen-bond donors (Lipinski definition) is 1. The first-order chi connectivity index (χ1) is 15.4. The van der Waals surface area contributed by atoms with Crippen LogP contribution in [-0.4, -0.2) is 41.4 Å². The number of hydrogen-bond acceptors (Lipinski definition) is 4. The van der Waals surface area contributed by atoms with Gasteiger partial charge in [-0.25, -0.2) is 4.79 Å². The lowest BCUT2D eigenvalue weighted by Gasteiger charge is -2.42. The molecule has 1 amide bonds. The number of carbonyl (C=O) groups is 1. The Kier molecular flexibility index (Phi) is 7.28. The minimum atomic E-state index is -2.18. The summed E-state index contributed by atoms with van der Waals surface area (Å²) in [6, 6.07) is 15.8. The molecule has 1 fully saturated rings. The van der Waals surface area contributed by atoms with Gasteiger partial charge in [-0.2, -0.15) is 0 Å². The first kappa shape index (κ1) is 24.9. The van der Waals surface area contributed by atoms with E-state index in [1.807, 2.05) is 30.3 Å². The van der Waals surface area contributed by atoms with E-state index in [2.05, 4.69) is 33.9 Å². The molecule has 0 radical (unpaired) electrons. The zero-order chi connectivity index (χ0) is 24.4. The van der Waals surface area contributed by atoms with Crippen LogP contribution in [0.15, 0.2) is 54.6 Å². The Morgan fingerprint density at radius 1 is 1.15 bits per heavy atom. The van der Waals surface area contributed by atoms with Crippen molar-refractivity contribution in [3.05, 3.63) is 75.8 Å². The highest BCUT2D eigenvalue weighted by atomic mass is 28.4. The van der Waals surface area contributed by atoms with Gasteiger partial charge >= 0.3 is 6.09 Å². The number of likely N-dealkylation sites (tertiary alicyclic amines) is 1. The molecular weight excluding hydrogens is 436 g/mol. The lowest BCUT2D eigenvalue weighted by Crippen LogP contribution is -2.49. The van der Waals surface area contributed by atoms with Crippen LogP contribution in [0.1, 0.15) is 50.8 Å². The quantitative estimate of drug-likeness (QED) is 0.287. The van der Waals surface area contributed by atoms with Crippen LogP contribution in [0.3, 0.4) is 0 Å². The van der Waals surface area contributed by atoms with Gasteiger partial charge in [0.2, 0.25) is 0 Å². The van der Waals surface area contributed by atoms with E-state index < -0.39 is 19.3 Å². The van der Waals surface area contributed by atoms with Crippen LogP contribution in [0, 0.1) is 10.1 Å². The lowest BCUT2D eigenvalue weighted by atomic mass is 10.0. The Morgan fingerprint density at radius 3 is 2.27 bits per heavy atom. The Morgan fingerprint density at radius 2 is 1.76 bits per heavy atom. The smallest absolute Gasteiger partial charge is 0.407 e. The van der Waals surface area contributed by atoms with Crippen molar-refractivity contribution in [3.8, 4) is 0 Å². The molecule has 0 aromatic heterocycles. The highest BCUT2D eigenvalue weighted by Crippen LogP contribution is 2.44. The average Bonchev–Trinajstić information content (AvgIpc) is 3.15. The fourth-order valence-corrected chi connectivity index (χ4v) is 5.52. The summed E-state index contributed by atoms with van der Waals surface area (Å²) in [5.41, 5.74) is 1.92. The zero-order valence-electron chi connectivity index (χ0n) is 20.0. The van der Waals surface area contributed by atoms with E-state index in [-0.39, 0.29) is 28.9 Å². The molecular formula is C25H34N2O5Si. The number of nitrogens with zero attached hydrogens (tertiary/aromatic N) is 2. The molecule has 0 unspecified atom stereocenters. The predicted molar refractivity (Wildman–Crippen MR) is 131 cm³/mol. The number of rotatable bonds is 7. The largest absolute Gasteiger partial charge is 0.465 e. The number of nitro groups is 1. The molecule has 0 saturated carbocycles. The maximum absolute atomic E-state index is 12.4. The van der Waals surface area contributed by atoms with Crippen LogP contribution >= 0.6 is 0 Å². The molecule has 1 aliphatic rings. The molecule has 7 nitrogen and oxygen atoms in total. The molecule has 2 aromatic rings. The summed E-state index contributed by atoms with van der Waals surface area (Å²) in [6.07, 6.45) is 0.646. The molecule has 2 aromatic carbocycles. The van der Waals surface area contributed by atoms with Crippen LogP contribution in [0.25, 0.3) is 0 Å². The van der Waals surface area contributed by atoms with Crippen LogP contribution in [0.5, 0.6) is 0 Å². The third kappa shape index (κ3) is 5.62. The summed E-state index contributed by atoms with van der Waals surface area (Å²) in [5.74, 6) is 0. The van der Waals surface area contributed by atoms with Crippen molar-refractivity contribution in [3.63, 3.8) is 0 Å². The van der Waals surface area contributed by atoms with Crippen LogP contribution in [0.2, 0.25) is 18.1 Å². The van der Waals surface area contributed by atoms with E-state index in [0.29, 0.717) is 12.8 Å². The van der Waals surface area contributed by atoms with Gasteiger partial charge < -0.3 is 9.53 Å². The minimum absolute atomic E-state index is 0.00908. The van der Waals surface area contributed by atoms with Crippen LogP contribution in [-0.2, 0) is 10.8 Å². The highest BCUT2D eigenvalue weighted by Gasteiger charge is 2.46. The predicted octanol–water partition coefficient (Wildman–Crippen LogP) is 6.41. The summed E-state index contributed by atoms with van der Waals surface area (Å²) in [7, 11) is -2.18. The van der Waals surface area contributed by atoms with Gasteiger partial charge in [-0.1, -0.05) is 63.2 Å². The molecule has 178 valence electrons. The lowest BCUT2D eigenvalue weighted by molar-refractivity contribution is -0.384. The molecule has 8 heteroatoms. The summed E-state index contributed by atoms with van der Waals surface area (Å²) in [6.45, 7) is 10.9. The van der Waals surface area contributed by atoms with Crippen molar-refractivity contribution in [1.29, 1.82) is 0 Å². The summed E-state index contributed by atoms with van der Waals surface area (Å²) >= 11 is 0. The van der Waals surface area contributed by atoms with Crippen molar-refractivity contribution in [2.45, 2.75) is 76.4 Å². The first-order valence-electron chi connectivity index (χ1n) is 11.4. The average molecular weight is 471 g/mol. The van der Waals surface area contributed by atoms with Gasteiger partial charge in [-0.05, 0) is 48.5 Å². The monoisotopic (exact) mass is 470 g/mol. The van der Waals surface area contributed by atoms with Gasteiger partial charge in [0.15, 0.2) is 8.32 Å². The van der Waals surface area contributed by atoms with Gasteiger partial charge in [0.25, 0.3) is 5.69 Å². The summed E-state index contributed by atoms with van der Waals surface area (Å²) in [5, 5.41) is 21.1. The molecule has 0 aliphatic carbocycles. The van der Waals surface area contributed by atoms with Crippen molar-refractivity contribution in [2.75, 3.05) is 0 Å². The van der Waals surface area contributed by atoms with Crippen molar-refractivity contribution >= 4 is 20.1 Å². The normalized spacial score (nSPS) is 20.0. The molecule has 1 aliphatic heterocycles. The number of amides is 1. The van der Waals surface area contributed by atoms with Gasteiger partial charge in [0.1, 0.15) is 0 Å². The Hall–Kier alpha value is -2.71. The van der Waals surface area contributed by atoms with Gasteiger partial charge in [0, 0.05) is 18.2 Å². The Balaban J connectivity index is 1.90. The van der Waals surface area contributed by atoms with Crippen molar-refractivity contribution in [2.24, 2.45) is 0 Å². The highest BCUT2D eigenvalue weighted by molar-refractivity contribution is 6.74. The number of non-ortho nitro benzene ring substituents is 1. The maximum Gasteiger partial charge on any atom is 0.407 e. The minimum Gasteiger partial charge on any atom is -0.465 e. The molecule has 3 rings (SSSR count). The Bertz CT molecular complexity index is 973. The molecule has 1 heterocycles. The Labute approximate surface area is 196 Å². The van der Waals surface area contributed by atoms with Gasteiger partial charge in [0.05, 0.1) is 17.1 Å². The van der Waals surface area contributed by atoms with E-state index >= 15 is 0 Å². The second-order valence-electron chi connectivity index (χ2n) is 10.3. The van der Waals surface area contributed by atoms with E-state index in [1.54, 1.807) is 17.0 Å². The van der Waals surface area contributed by atoms with Crippen molar-refractivity contribution < 1.29 is 19.3 Å². The van der Waals surface area contributed by atoms with E-state index in [0.717, 1.165) is 17.5 Å². The number of carboxylic acid groups (broad SMARTS) is 1. The topological polar surface area (TPSA) is 92.9 Å². The second kappa shape index (κ2) is 9.65. The fraction of sp³-hybridized carbons (Fsp3) is 0.480. The molecule has 1 saturated heterocycles. The number of benzene rings is 2. The third-order valence-electron chi connectivity index (χ3n) is 7.09. The van der Waals surface area contributed by atoms with Gasteiger partial charge in [-0.15, -0.1) is 0 Å². The SMILES string of the molecule is CC(C)(C)[Si](C)(C)O[C@H](c1ccccc1)[C@H]1CC[C@H](Cc2ccc([N+](=O)[O-])cc2)N1C(=O)O. The third-order valence-corrected chi connectivity index (χ3v) is 11.5. The maximum atomic E-state index is 12.4. The molecule has 1 N–H and O–H groups in total. The van der Waals surface area contributed by atoms with E-state index in [1.165, 1.54) is 12.1 Å². The second-order valence-corrected chi connectivity index (χ2v) is 15.1. The number of nitro benzene ring substituents is 1. The van der Waals surface area contributed by atoms with E-state index in [4.69, 9.17) is 4.43 Å². The summed E-state index contributed by atoms with van der Waals surface area (Å²) in [4.78, 5) is 24.5. The van der Waals surface area contributed by atoms with E-state index in [9.17, 15) is 20.0 Å². The molecule has 33 heavy (non-hydrogen) atoms. The molecule has 3 atom stereocenters. The fourth-order valence-electron chi connectivity index (χ4n) is 4.24. The van der Waals surface area contributed by atoms with Crippen molar-refractivity contribution in [1.82, 2.24) is 4.90 Å². The van der Waals surface area contributed by atoms with Crippen LogP contribution < -0.4 is 0 Å². The summed E-state index contributed by atoms with van der Waals surface area (Å²) < 4.78 is 6.85. The molecule has 0 bridgehead atoms. The zero-order valence-corrected chi connectivity index (χ0v) is 21.0. The van der Waals surface area contributed by atoms with Gasteiger partial charge in [-0.3, -0.25) is 15.0 Å². The van der Waals surface area contributed by atoms with Crippen LogP contribution in [0.4, 0.5) is 10.5 Å². The molecule has 0 spiro atoms.